The SMILES string of the molecule is O=C(NO)c1coc(NC(=O)c2ccccc2Cl)n1. The van der Waals surface area contributed by atoms with Gasteiger partial charge in [0.05, 0.1) is 10.6 Å². The van der Waals surface area contributed by atoms with Gasteiger partial charge < -0.3 is 4.42 Å². The summed E-state index contributed by atoms with van der Waals surface area (Å²) in [6.45, 7) is 0. The molecule has 0 spiro atoms. The molecule has 1 aromatic carbocycles. The summed E-state index contributed by atoms with van der Waals surface area (Å²) < 4.78 is 4.86. The molecule has 7 nitrogen and oxygen atoms in total. The highest BCUT2D eigenvalue weighted by atomic mass is 35.5. The van der Waals surface area contributed by atoms with E-state index >= 15 is 0 Å². The van der Waals surface area contributed by atoms with E-state index in [1.807, 2.05) is 0 Å². The molecule has 0 saturated heterocycles. The number of amides is 2. The van der Waals surface area contributed by atoms with Crippen LogP contribution in [0.3, 0.4) is 0 Å². The average Bonchev–Trinajstić information content (AvgIpc) is 2.86. The van der Waals surface area contributed by atoms with Gasteiger partial charge in [0, 0.05) is 0 Å². The Morgan fingerprint density at radius 1 is 1.26 bits per heavy atom. The van der Waals surface area contributed by atoms with Crippen LogP contribution in [0.5, 0.6) is 0 Å². The summed E-state index contributed by atoms with van der Waals surface area (Å²) in [5, 5.41) is 11.0. The van der Waals surface area contributed by atoms with E-state index in [2.05, 4.69) is 10.3 Å². The van der Waals surface area contributed by atoms with Crippen LogP contribution in [0, 0.1) is 0 Å². The topological polar surface area (TPSA) is 104 Å². The van der Waals surface area contributed by atoms with Crippen LogP contribution in [0.2, 0.25) is 5.02 Å². The summed E-state index contributed by atoms with van der Waals surface area (Å²) in [5.74, 6) is -1.37. The molecule has 0 bridgehead atoms. The van der Waals surface area contributed by atoms with Gasteiger partial charge in [-0.15, -0.1) is 0 Å². The van der Waals surface area contributed by atoms with Crippen LogP contribution in [0.4, 0.5) is 6.01 Å². The van der Waals surface area contributed by atoms with Gasteiger partial charge in [-0.05, 0) is 12.1 Å². The molecular formula is C11H8ClN3O4. The molecule has 0 fully saturated rings. The van der Waals surface area contributed by atoms with Crippen molar-refractivity contribution in [1.82, 2.24) is 10.5 Å². The van der Waals surface area contributed by atoms with Crippen LogP contribution in [0.1, 0.15) is 20.8 Å². The first-order valence-electron chi connectivity index (χ1n) is 5.07. The van der Waals surface area contributed by atoms with Gasteiger partial charge in [-0.25, -0.2) is 5.48 Å². The highest BCUT2D eigenvalue weighted by Crippen LogP contribution is 2.17. The summed E-state index contributed by atoms with van der Waals surface area (Å²) in [4.78, 5) is 26.5. The van der Waals surface area contributed by atoms with Crippen LogP contribution in [0.15, 0.2) is 34.9 Å². The summed E-state index contributed by atoms with van der Waals surface area (Å²) in [6.07, 6.45) is 0.994. The first-order valence-corrected chi connectivity index (χ1v) is 5.45. The minimum Gasteiger partial charge on any atom is -0.431 e. The smallest absolute Gasteiger partial charge is 0.302 e. The zero-order chi connectivity index (χ0) is 13.8. The molecule has 2 rings (SSSR count). The van der Waals surface area contributed by atoms with Crippen LogP contribution >= 0.6 is 11.6 Å². The number of nitrogens with one attached hydrogen (secondary N) is 2. The number of aromatic nitrogens is 1. The Balaban J connectivity index is 2.14. The van der Waals surface area contributed by atoms with Crippen LogP contribution in [-0.4, -0.2) is 22.0 Å². The van der Waals surface area contributed by atoms with Gasteiger partial charge in [0.15, 0.2) is 5.69 Å². The number of halogens is 1. The number of hydroxylamine groups is 1. The molecule has 0 radical (unpaired) electrons. The van der Waals surface area contributed by atoms with Crippen molar-refractivity contribution < 1.29 is 19.2 Å². The third-order valence-electron chi connectivity index (χ3n) is 2.18. The van der Waals surface area contributed by atoms with E-state index in [1.165, 1.54) is 11.5 Å². The van der Waals surface area contributed by atoms with E-state index in [4.69, 9.17) is 21.2 Å². The third-order valence-corrected chi connectivity index (χ3v) is 2.51. The highest BCUT2D eigenvalue weighted by molar-refractivity contribution is 6.34. The maximum Gasteiger partial charge on any atom is 0.302 e. The lowest BCUT2D eigenvalue weighted by atomic mass is 10.2. The Kier molecular flexibility index (Phi) is 3.79. The third kappa shape index (κ3) is 2.90. The largest absolute Gasteiger partial charge is 0.431 e. The normalized spacial score (nSPS) is 10.0. The van der Waals surface area contributed by atoms with E-state index in [0.717, 1.165) is 6.26 Å². The molecule has 19 heavy (non-hydrogen) atoms. The predicted octanol–water partition coefficient (Wildman–Crippen LogP) is 1.70. The predicted molar refractivity (Wildman–Crippen MR) is 65.2 cm³/mol. The van der Waals surface area contributed by atoms with Gasteiger partial charge in [0.1, 0.15) is 6.26 Å². The number of carbonyl (C=O) groups is 2. The van der Waals surface area contributed by atoms with Gasteiger partial charge >= 0.3 is 6.01 Å². The maximum atomic E-state index is 11.8. The molecule has 3 N–H and O–H groups in total. The van der Waals surface area contributed by atoms with Crippen molar-refractivity contribution in [3.05, 3.63) is 46.8 Å². The van der Waals surface area contributed by atoms with E-state index < -0.39 is 11.8 Å². The molecule has 0 atom stereocenters. The molecule has 0 unspecified atom stereocenters. The Morgan fingerprint density at radius 2 is 2.00 bits per heavy atom. The average molecular weight is 282 g/mol. The zero-order valence-electron chi connectivity index (χ0n) is 9.38. The van der Waals surface area contributed by atoms with Crippen LogP contribution < -0.4 is 10.8 Å². The molecule has 1 aromatic heterocycles. The molecule has 2 amide bonds. The van der Waals surface area contributed by atoms with E-state index in [-0.39, 0.29) is 22.3 Å². The number of oxazole rings is 1. The standard InChI is InChI=1S/C11H8ClN3O4/c12-7-4-2-1-3-6(7)9(16)14-11-13-8(5-19-11)10(17)15-18/h1-5,18H,(H,15,17)(H,13,14,16). The van der Waals surface area contributed by atoms with Gasteiger partial charge in [0.25, 0.3) is 11.8 Å². The zero-order valence-corrected chi connectivity index (χ0v) is 10.1. The number of hydrogen-bond acceptors (Lipinski definition) is 5. The second-order valence-electron chi connectivity index (χ2n) is 3.41. The van der Waals surface area contributed by atoms with Crippen LogP contribution in [0.25, 0.3) is 0 Å². The van der Waals surface area contributed by atoms with Crippen molar-refractivity contribution in [2.75, 3.05) is 5.32 Å². The van der Waals surface area contributed by atoms with Gasteiger partial charge in [0.2, 0.25) is 0 Å². The van der Waals surface area contributed by atoms with Crippen molar-refractivity contribution in [3.8, 4) is 0 Å². The molecule has 8 heteroatoms. The maximum absolute atomic E-state index is 11.8. The van der Waals surface area contributed by atoms with Gasteiger partial charge in [-0.3, -0.25) is 20.1 Å². The lowest BCUT2D eigenvalue weighted by Crippen LogP contribution is -2.19. The monoisotopic (exact) mass is 281 g/mol. The fraction of sp³-hybridized carbons (Fsp3) is 0. The highest BCUT2D eigenvalue weighted by Gasteiger charge is 2.15. The second kappa shape index (κ2) is 5.51. The number of rotatable bonds is 3. The number of hydrogen-bond donors (Lipinski definition) is 3. The first kappa shape index (κ1) is 13.1. The lowest BCUT2D eigenvalue weighted by molar-refractivity contribution is 0.0700. The van der Waals surface area contributed by atoms with E-state index in [0.29, 0.717) is 0 Å². The molecule has 1 heterocycles. The van der Waals surface area contributed by atoms with Gasteiger partial charge in [-0.2, -0.15) is 4.98 Å². The number of carbonyl (C=O) groups excluding carboxylic acids is 2. The second-order valence-corrected chi connectivity index (χ2v) is 3.82. The van der Waals surface area contributed by atoms with E-state index in [9.17, 15) is 9.59 Å². The van der Waals surface area contributed by atoms with Crippen LogP contribution in [-0.2, 0) is 0 Å². The Bertz CT molecular complexity index is 626. The van der Waals surface area contributed by atoms with Crippen molar-refractivity contribution >= 4 is 29.4 Å². The van der Waals surface area contributed by atoms with Crippen molar-refractivity contribution in [3.63, 3.8) is 0 Å². The first-order chi connectivity index (χ1) is 9.11. The number of anilines is 1. The molecule has 98 valence electrons. The number of nitrogens with zero attached hydrogens (tertiary/aromatic N) is 1. The molecule has 0 saturated carbocycles. The Morgan fingerprint density at radius 3 is 2.68 bits per heavy atom. The fourth-order valence-corrected chi connectivity index (χ4v) is 1.52. The Hall–Kier alpha value is -2.38. The molecule has 0 aliphatic carbocycles. The summed E-state index contributed by atoms with van der Waals surface area (Å²) in [5.41, 5.74) is 1.47. The summed E-state index contributed by atoms with van der Waals surface area (Å²) in [6, 6.07) is 6.26. The van der Waals surface area contributed by atoms with E-state index in [1.54, 1.807) is 18.2 Å². The quantitative estimate of drug-likeness (QED) is 0.587. The lowest BCUT2D eigenvalue weighted by Gasteiger charge is -2.02. The molecular weight excluding hydrogens is 274 g/mol. The van der Waals surface area contributed by atoms with Crippen molar-refractivity contribution in [2.24, 2.45) is 0 Å². The molecule has 2 aromatic rings. The van der Waals surface area contributed by atoms with Crippen molar-refractivity contribution in [2.45, 2.75) is 0 Å². The molecule has 0 aliphatic rings. The minimum absolute atomic E-state index is 0.169. The molecule has 0 aliphatic heterocycles. The Labute approximate surface area is 112 Å². The minimum atomic E-state index is -0.845. The summed E-state index contributed by atoms with van der Waals surface area (Å²) in [7, 11) is 0. The number of benzene rings is 1. The van der Waals surface area contributed by atoms with Gasteiger partial charge in [-0.1, -0.05) is 23.7 Å². The van der Waals surface area contributed by atoms with Crippen molar-refractivity contribution in [1.29, 1.82) is 0 Å². The summed E-state index contributed by atoms with van der Waals surface area (Å²) >= 11 is 5.85. The fourth-order valence-electron chi connectivity index (χ4n) is 1.30.